The van der Waals surface area contributed by atoms with Crippen LogP contribution in [0, 0.1) is 10.1 Å². The highest BCUT2D eigenvalue weighted by molar-refractivity contribution is 5.40. The Bertz CT molecular complexity index is 349. The molecule has 0 atom stereocenters. The third-order valence-corrected chi connectivity index (χ3v) is 2.38. The van der Waals surface area contributed by atoms with Crippen LogP contribution in [0.1, 0.15) is 11.1 Å². The summed E-state index contributed by atoms with van der Waals surface area (Å²) in [6.45, 7) is 1.96. The molecule has 0 fully saturated rings. The first-order valence-corrected chi connectivity index (χ1v) is 4.35. The molecule has 0 unspecified atom stereocenters. The molecule has 0 saturated carbocycles. The number of nitrogens with zero attached hydrogens (tertiary/aromatic N) is 1. The van der Waals surface area contributed by atoms with Gasteiger partial charge in [0.25, 0.3) is 5.69 Å². The van der Waals surface area contributed by atoms with Crippen molar-refractivity contribution in [2.75, 3.05) is 6.54 Å². The van der Waals surface area contributed by atoms with Crippen LogP contribution in [-0.2, 0) is 13.0 Å². The quantitative estimate of drug-likeness (QED) is 0.495. The van der Waals surface area contributed by atoms with E-state index >= 15 is 0 Å². The molecule has 4 nitrogen and oxygen atoms in total. The lowest BCUT2D eigenvalue weighted by Gasteiger charge is -2.13. The van der Waals surface area contributed by atoms with Crippen LogP contribution in [0.15, 0.2) is 18.2 Å². The van der Waals surface area contributed by atoms with Gasteiger partial charge in [-0.25, -0.2) is 0 Å². The van der Waals surface area contributed by atoms with E-state index in [-0.39, 0.29) is 10.6 Å². The normalized spacial score (nSPS) is 15.1. The van der Waals surface area contributed by atoms with E-state index in [9.17, 15) is 10.1 Å². The molecule has 2 N–H and O–H groups in total. The lowest BCUT2D eigenvalue weighted by molar-refractivity contribution is -0.673. The van der Waals surface area contributed by atoms with Crippen molar-refractivity contribution < 1.29 is 10.2 Å². The smallest absolute Gasteiger partial charge is 0.269 e. The summed E-state index contributed by atoms with van der Waals surface area (Å²) in [6, 6.07) is 5.15. The molecular formula is C9H11N2O2+. The highest BCUT2D eigenvalue weighted by Crippen LogP contribution is 2.18. The monoisotopic (exact) mass is 179 g/mol. The van der Waals surface area contributed by atoms with Gasteiger partial charge in [0, 0.05) is 24.1 Å². The molecule has 0 bridgehead atoms. The molecule has 0 aromatic heterocycles. The lowest BCUT2D eigenvalue weighted by atomic mass is 10.0. The summed E-state index contributed by atoms with van der Waals surface area (Å²) in [5, 5.41) is 12.7. The van der Waals surface area contributed by atoms with Crippen molar-refractivity contribution in [3.8, 4) is 0 Å². The fourth-order valence-corrected chi connectivity index (χ4v) is 1.67. The van der Waals surface area contributed by atoms with E-state index in [1.807, 2.05) is 6.07 Å². The molecule has 0 radical (unpaired) electrons. The SMILES string of the molecule is O=[N+]([O-])c1ccc2c(c1)C[NH2+]CC2. The van der Waals surface area contributed by atoms with Crippen molar-refractivity contribution >= 4 is 5.69 Å². The van der Waals surface area contributed by atoms with Crippen LogP contribution in [0.5, 0.6) is 0 Å². The summed E-state index contributed by atoms with van der Waals surface area (Å²) >= 11 is 0. The van der Waals surface area contributed by atoms with Crippen LogP contribution in [-0.4, -0.2) is 11.5 Å². The van der Waals surface area contributed by atoms with Crippen molar-refractivity contribution in [1.29, 1.82) is 0 Å². The Morgan fingerprint density at radius 3 is 3.00 bits per heavy atom. The second-order valence-electron chi connectivity index (χ2n) is 3.24. The summed E-state index contributed by atoms with van der Waals surface area (Å²) < 4.78 is 0. The van der Waals surface area contributed by atoms with Crippen molar-refractivity contribution in [2.45, 2.75) is 13.0 Å². The second kappa shape index (κ2) is 3.14. The third kappa shape index (κ3) is 1.53. The molecule has 1 heterocycles. The van der Waals surface area contributed by atoms with Gasteiger partial charge in [-0.2, -0.15) is 0 Å². The molecule has 68 valence electrons. The first-order valence-electron chi connectivity index (χ1n) is 4.35. The molecule has 4 heteroatoms. The summed E-state index contributed by atoms with van der Waals surface area (Å²) in [5.41, 5.74) is 2.57. The van der Waals surface area contributed by atoms with E-state index in [1.165, 1.54) is 5.56 Å². The van der Waals surface area contributed by atoms with Crippen LogP contribution in [0.2, 0.25) is 0 Å². The number of rotatable bonds is 1. The third-order valence-electron chi connectivity index (χ3n) is 2.38. The molecule has 1 aromatic carbocycles. The van der Waals surface area contributed by atoms with Crippen molar-refractivity contribution in [2.24, 2.45) is 0 Å². The van der Waals surface area contributed by atoms with Crippen LogP contribution >= 0.6 is 0 Å². The van der Waals surface area contributed by atoms with E-state index in [0.717, 1.165) is 25.1 Å². The minimum Gasteiger partial charge on any atom is -0.342 e. The minimum absolute atomic E-state index is 0.203. The fraction of sp³-hybridized carbons (Fsp3) is 0.333. The summed E-state index contributed by atoms with van der Waals surface area (Å²) in [5.74, 6) is 0. The Morgan fingerprint density at radius 1 is 1.38 bits per heavy atom. The maximum absolute atomic E-state index is 10.5. The maximum atomic E-state index is 10.5. The van der Waals surface area contributed by atoms with E-state index in [0.29, 0.717) is 0 Å². The lowest BCUT2D eigenvalue weighted by Crippen LogP contribution is -2.84. The maximum Gasteiger partial charge on any atom is 0.269 e. The van der Waals surface area contributed by atoms with Gasteiger partial charge in [-0.1, -0.05) is 6.07 Å². The minimum atomic E-state index is -0.338. The van der Waals surface area contributed by atoms with Gasteiger partial charge in [-0.15, -0.1) is 0 Å². The number of non-ortho nitro benzene ring substituents is 1. The first-order chi connectivity index (χ1) is 6.27. The van der Waals surface area contributed by atoms with Crippen molar-refractivity contribution in [3.05, 3.63) is 39.4 Å². The molecule has 13 heavy (non-hydrogen) atoms. The Labute approximate surface area is 75.7 Å². The van der Waals surface area contributed by atoms with Crippen LogP contribution in [0.25, 0.3) is 0 Å². The number of nitro groups is 1. The molecular weight excluding hydrogens is 168 g/mol. The summed E-state index contributed by atoms with van der Waals surface area (Å²) in [7, 11) is 0. The Kier molecular flexibility index (Phi) is 1.98. The van der Waals surface area contributed by atoms with Gasteiger partial charge in [0.2, 0.25) is 0 Å². The highest BCUT2D eigenvalue weighted by atomic mass is 16.6. The van der Waals surface area contributed by atoms with Gasteiger partial charge in [0.1, 0.15) is 6.54 Å². The zero-order valence-electron chi connectivity index (χ0n) is 7.19. The van der Waals surface area contributed by atoms with E-state index in [1.54, 1.807) is 12.1 Å². The predicted octanol–water partition coefficient (Wildman–Crippen LogP) is 0.214. The van der Waals surface area contributed by atoms with Crippen LogP contribution < -0.4 is 5.32 Å². The largest absolute Gasteiger partial charge is 0.342 e. The number of benzene rings is 1. The van der Waals surface area contributed by atoms with E-state index in [4.69, 9.17) is 0 Å². The Hall–Kier alpha value is -1.42. The molecule has 0 aliphatic carbocycles. The highest BCUT2D eigenvalue weighted by Gasteiger charge is 2.15. The van der Waals surface area contributed by atoms with Crippen LogP contribution in [0.3, 0.4) is 0 Å². The van der Waals surface area contributed by atoms with Gasteiger partial charge < -0.3 is 5.32 Å². The zero-order valence-corrected chi connectivity index (χ0v) is 7.19. The standard InChI is InChI=1S/C9H10N2O2/c12-11(13)9-2-1-7-3-4-10-6-8(7)5-9/h1-2,5,10H,3-4,6H2/p+1. The summed E-state index contributed by atoms with van der Waals surface area (Å²) in [4.78, 5) is 10.1. The second-order valence-corrected chi connectivity index (χ2v) is 3.24. The number of hydrogen-bond acceptors (Lipinski definition) is 2. The number of nitro benzene ring substituents is 1. The molecule has 1 aromatic rings. The molecule has 2 rings (SSSR count). The van der Waals surface area contributed by atoms with E-state index < -0.39 is 0 Å². The van der Waals surface area contributed by atoms with Gasteiger partial charge >= 0.3 is 0 Å². The number of hydrogen-bond donors (Lipinski definition) is 1. The van der Waals surface area contributed by atoms with Crippen molar-refractivity contribution in [3.63, 3.8) is 0 Å². The molecule has 0 amide bonds. The number of fused-ring (bicyclic) bond motifs is 1. The number of nitrogens with two attached hydrogens (primary N) is 1. The average Bonchev–Trinajstić information content (AvgIpc) is 2.17. The van der Waals surface area contributed by atoms with Gasteiger partial charge in [0.15, 0.2) is 0 Å². The molecule has 1 aliphatic rings. The molecule has 0 saturated heterocycles. The van der Waals surface area contributed by atoms with Crippen LogP contribution in [0.4, 0.5) is 5.69 Å². The molecule has 0 spiro atoms. The Balaban J connectivity index is 2.40. The predicted molar refractivity (Wildman–Crippen MR) is 47.3 cm³/mol. The average molecular weight is 179 g/mol. The molecule has 1 aliphatic heterocycles. The topological polar surface area (TPSA) is 59.8 Å². The van der Waals surface area contributed by atoms with E-state index in [2.05, 4.69) is 5.32 Å². The van der Waals surface area contributed by atoms with Gasteiger partial charge in [-0.05, 0) is 5.56 Å². The van der Waals surface area contributed by atoms with Crippen molar-refractivity contribution in [1.82, 2.24) is 0 Å². The first kappa shape index (κ1) is 8.19. The van der Waals surface area contributed by atoms with Gasteiger partial charge in [0.05, 0.1) is 11.5 Å². The van der Waals surface area contributed by atoms with Gasteiger partial charge in [-0.3, -0.25) is 10.1 Å². The Morgan fingerprint density at radius 2 is 2.23 bits per heavy atom. The fourth-order valence-electron chi connectivity index (χ4n) is 1.67. The zero-order chi connectivity index (χ0) is 9.26. The summed E-state index contributed by atoms with van der Waals surface area (Å²) in [6.07, 6.45) is 1.02. The number of quaternary nitrogens is 1.